The van der Waals surface area contributed by atoms with Crippen molar-refractivity contribution >= 4 is 23.4 Å². The molecule has 2 N–H and O–H groups in total. The number of benzene rings is 1. The van der Waals surface area contributed by atoms with Crippen LogP contribution in [-0.2, 0) is 5.75 Å². The van der Waals surface area contributed by atoms with Gasteiger partial charge in [-0.2, -0.15) is 11.8 Å². The fraction of sp³-hybridized carbons (Fsp3) is 0.455. The SMILES string of the molecule is Cc1ccc(CSCC(C)N)c(Cl)c1. The van der Waals surface area contributed by atoms with Crippen LogP contribution in [0.1, 0.15) is 18.1 Å². The molecule has 1 atom stereocenters. The van der Waals surface area contributed by atoms with Crippen LogP contribution >= 0.6 is 23.4 Å². The van der Waals surface area contributed by atoms with Gasteiger partial charge in [0.2, 0.25) is 0 Å². The van der Waals surface area contributed by atoms with Crippen LogP contribution in [-0.4, -0.2) is 11.8 Å². The van der Waals surface area contributed by atoms with E-state index in [0.717, 1.165) is 16.5 Å². The number of nitrogens with two attached hydrogens (primary N) is 1. The second kappa shape index (κ2) is 5.64. The third-order valence-corrected chi connectivity index (χ3v) is 3.48. The summed E-state index contributed by atoms with van der Waals surface area (Å²) in [5, 5.41) is 0.863. The van der Waals surface area contributed by atoms with Gasteiger partial charge in [0.15, 0.2) is 0 Å². The third-order valence-electron chi connectivity index (χ3n) is 1.85. The van der Waals surface area contributed by atoms with E-state index in [0.29, 0.717) is 0 Å². The van der Waals surface area contributed by atoms with Crippen LogP contribution < -0.4 is 5.73 Å². The first-order valence-electron chi connectivity index (χ1n) is 4.68. The number of thioether (sulfide) groups is 1. The molecule has 0 aromatic heterocycles. The van der Waals surface area contributed by atoms with Gasteiger partial charge < -0.3 is 5.73 Å². The van der Waals surface area contributed by atoms with E-state index in [4.69, 9.17) is 17.3 Å². The largest absolute Gasteiger partial charge is 0.327 e. The highest BCUT2D eigenvalue weighted by Crippen LogP contribution is 2.22. The molecule has 0 aliphatic carbocycles. The zero-order chi connectivity index (χ0) is 10.6. The van der Waals surface area contributed by atoms with Gasteiger partial charge in [0.05, 0.1) is 0 Å². The summed E-state index contributed by atoms with van der Waals surface area (Å²) >= 11 is 7.93. The number of hydrogen-bond acceptors (Lipinski definition) is 2. The fourth-order valence-corrected chi connectivity index (χ4v) is 2.47. The van der Waals surface area contributed by atoms with E-state index < -0.39 is 0 Å². The zero-order valence-corrected chi connectivity index (χ0v) is 10.2. The monoisotopic (exact) mass is 229 g/mol. The normalized spacial score (nSPS) is 12.9. The van der Waals surface area contributed by atoms with Crippen LogP contribution in [0.15, 0.2) is 18.2 Å². The summed E-state index contributed by atoms with van der Waals surface area (Å²) in [5.74, 6) is 1.92. The van der Waals surface area contributed by atoms with Crippen molar-refractivity contribution in [2.45, 2.75) is 25.6 Å². The van der Waals surface area contributed by atoms with Gasteiger partial charge in [0.25, 0.3) is 0 Å². The molecule has 0 spiro atoms. The van der Waals surface area contributed by atoms with Crippen molar-refractivity contribution < 1.29 is 0 Å². The van der Waals surface area contributed by atoms with Crippen molar-refractivity contribution in [2.75, 3.05) is 5.75 Å². The Labute approximate surface area is 95.0 Å². The van der Waals surface area contributed by atoms with Gasteiger partial charge in [-0.25, -0.2) is 0 Å². The van der Waals surface area contributed by atoms with Crippen LogP contribution in [0.5, 0.6) is 0 Å². The molecule has 3 heteroatoms. The van der Waals surface area contributed by atoms with Crippen LogP contribution in [0.3, 0.4) is 0 Å². The van der Waals surface area contributed by atoms with E-state index in [2.05, 4.69) is 12.1 Å². The predicted octanol–water partition coefficient (Wildman–Crippen LogP) is 3.23. The molecule has 1 nitrogen and oxygen atoms in total. The van der Waals surface area contributed by atoms with Crippen molar-refractivity contribution in [2.24, 2.45) is 5.73 Å². The average Bonchev–Trinajstić information content (AvgIpc) is 2.08. The minimum Gasteiger partial charge on any atom is -0.327 e. The first-order chi connectivity index (χ1) is 6.59. The Morgan fingerprint density at radius 2 is 2.21 bits per heavy atom. The highest BCUT2D eigenvalue weighted by Gasteiger charge is 2.01. The summed E-state index contributed by atoms with van der Waals surface area (Å²) in [4.78, 5) is 0. The maximum atomic E-state index is 6.10. The van der Waals surface area contributed by atoms with Gasteiger partial charge in [0, 0.05) is 22.6 Å². The first-order valence-corrected chi connectivity index (χ1v) is 6.21. The molecule has 0 bridgehead atoms. The Bertz CT molecular complexity index is 299. The zero-order valence-electron chi connectivity index (χ0n) is 8.59. The summed E-state index contributed by atoms with van der Waals surface area (Å²) < 4.78 is 0. The molecule has 0 saturated carbocycles. The van der Waals surface area contributed by atoms with Gasteiger partial charge in [-0.05, 0) is 31.0 Å². The highest BCUT2D eigenvalue weighted by atomic mass is 35.5. The number of aryl methyl sites for hydroxylation is 1. The number of halogens is 1. The topological polar surface area (TPSA) is 26.0 Å². The smallest absolute Gasteiger partial charge is 0.0449 e. The van der Waals surface area contributed by atoms with E-state index in [1.54, 1.807) is 0 Å². The lowest BCUT2D eigenvalue weighted by Gasteiger charge is -2.07. The fourth-order valence-electron chi connectivity index (χ4n) is 1.12. The third kappa shape index (κ3) is 3.91. The second-order valence-electron chi connectivity index (χ2n) is 3.59. The second-order valence-corrected chi connectivity index (χ2v) is 5.02. The lowest BCUT2D eigenvalue weighted by Crippen LogP contribution is -2.17. The molecule has 78 valence electrons. The lowest BCUT2D eigenvalue weighted by molar-refractivity contribution is 0.847. The van der Waals surface area contributed by atoms with E-state index in [9.17, 15) is 0 Å². The minimum absolute atomic E-state index is 0.254. The van der Waals surface area contributed by atoms with Crippen molar-refractivity contribution in [3.63, 3.8) is 0 Å². The Hall–Kier alpha value is -0.180. The van der Waals surface area contributed by atoms with E-state index in [-0.39, 0.29) is 6.04 Å². The Balaban J connectivity index is 2.51. The Kier molecular flexibility index (Phi) is 4.79. The Morgan fingerprint density at radius 3 is 2.79 bits per heavy atom. The summed E-state index contributed by atoms with van der Waals surface area (Å²) in [7, 11) is 0. The van der Waals surface area contributed by atoms with Crippen molar-refractivity contribution in [1.29, 1.82) is 0 Å². The quantitative estimate of drug-likeness (QED) is 0.858. The predicted molar refractivity (Wildman–Crippen MR) is 66.0 cm³/mol. The Morgan fingerprint density at radius 1 is 1.50 bits per heavy atom. The van der Waals surface area contributed by atoms with Gasteiger partial charge in [0.1, 0.15) is 0 Å². The molecule has 14 heavy (non-hydrogen) atoms. The standard InChI is InChI=1S/C11H16ClNS/c1-8-3-4-10(11(12)5-8)7-14-6-9(2)13/h3-5,9H,6-7,13H2,1-2H3. The molecule has 1 aromatic rings. The number of rotatable bonds is 4. The molecular weight excluding hydrogens is 214 g/mol. The first kappa shape index (κ1) is 11.9. The molecule has 0 amide bonds. The lowest BCUT2D eigenvalue weighted by atomic mass is 10.2. The molecule has 1 aromatic carbocycles. The van der Waals surface area contributed by atoms with Gasteiger partial charge in [-0.3, -0.25) is 0 Å². The van der Waals surface area contributed by atoms with E-state index in [1.165, 1.54) is 11.1 Å². The van der Waals surface area contributed by atoms with Crippen molar-refractivity contribution in [1.82, 2.24) is 0 Å². The van der Waals surface area contributed by atoms with Gasteiger partial charge in [-0.15, -0.1) is 0 Å². The van der Waals surface area contributed by atoms with Crippen molar-refractivity contribution in [3.8, 4) is 0 Å². The maximum absolute atomic E-state index is 6.10. The van der Waals surface area contributed by atoms with Crippen LogP contribution in [0.2, 0.25) is 5.02 Å². The molecule has 0 heterocycles. The minimum atomic E-state index is 0.254. The number of hydrogen-bond donors (Lipinski definition) is 1. The summed E-state index contributed by atoms with van der Waals surface area (Å²) in [5.41, 5.74) is 8.07. The summed E-state index contributed by atoms with van der Waals surface area (Å²) in [6.07, 6.45) is 0. The van der Waals surface area contributed by atoms with Crippen molar-refractivity contribution in [3.05, 3.63) is 34.3 Å². The van der Waals surface area contributed by atoms with Crippen LogP contribution in [0.25, 0.3) is 0 Å². The highest BCUT2D eigenvalue weighted by molar-refractivity contribution is 7.98. The van der Waals surface area contributed by atoms with E-state index in [1.807, 2.05) is 31.7 Å². The van der Waals surface area contributed by atoms with Crippen LogP contribution in [0, 0.1) is 6.92 Å². The molecule has 1 rings (SSSR count). The maximum Gasteiger partial charge on any atom is 0.0449 e. The molecule has 0 radical (unpaired) electrons. The molecule has 0 fully saturated rings. The summed E-state index contributed by atoms with van der Waals surface area (Å²) in [6.45, 7) is 4.06. The molecule has 0 aliphatic rings. The van der Waals surface area contributed by atoms with Gasteiger partial charge >= 0.3 is 0 Å². The molecular formula is C11H16ClNS. The van der Waals surface area contributed by atoms with E-state index >= 15 is 0 Å². The summed E-state index contributed by atoms with van der Waals surface area (Å²) in [6, 6.07) is 6.44. The van der Waals surface area contributed by atoms with Crippen LogP contribution in [0.4, 0.5) is 0 Å². The average molecular weight is 230 g/mol. The molecule has 0 aliphatic heterocycles. The van der Waals surface area contributed by atoms with Gasteiger partial charge in [-0.1, -0.05) is 23.7 Å². The molecule has 0 saturated heterocycles. The molecule has 1 unspecified atom stereocenters.